The van der Waals surface area contributed by atoms with Crippen LogP contribution in [0, 0.1) is 5.92 Å². The predicted octanol–water partition coefficient (Wildman–Crippen LogP) is 4.50. The largest absolute Gasteiger partial charge is 0.393 e. The Morgan fingerprint density at radius 2 is 2.12 bits per heavy atom. The van der Waals surface area contributed by atoms with E-state index in [0.29, 0.717) is 12.3 Å². The minimum atomic E-state index is -1.20. The van der Waals surface area contributed by atoms with Crippen molar-refractivity contribution in [3.63, 3.8) is 0 Å². The molecule has 1 aliphatic rings. The summed E-state index contributed by atoms with van der Waals surface area (Å²) in [4.78, 5) is 11.7. The topological polar surface area (TPSA) is 57.5 Å². The summed E-state index contributed by atoms with van der Waals surface area (Å²) in [5.41, 5.74) is 1.12. The highest BCUT2D eigenvalue weighted by Crippen LogP contribution is 2.27. The molecular formula is C21H34O3. The number of unbranched alkanes of at least 4 members (excludes halogenated alkanes) is 1. The van der Waals surface area contributed by atoms with Crippen molar-refractivity contribution in [3.8, 4) is 0 Å². The van der Waals surface area contributed by atoms with Gasteiger partial charge in [0.05, 0.1) is 6.10 Å². The third-order valence-electron chi connectivity index (χ3n) is 4.74. The summed E-state index contributed by atoms with van der Waals surface area (Å²) in [6, 6.07) is 0. The van der Waals surface area contributed by atoms with Crippen LogP contribution >= 0.6 is 0 Å². The molecule has 2 N–H and O–H groups in total. The minimum Gasteiger partial charge on any atom is -0.393 e. The summed E-state index contributed by atoms with van der Waals surface area (Å²) in [6.07, 6.45) is 13.0. The Kier molecular flexibility index (Phi) is 8.65. The van der Waals surface area contributed by atoms with Gasteiger partial charge >= 0.3 is 0 Å². The molecule has 1 saturated carbocycles. The van der Waals surface area contributed by atoms with E-state index in [9.17, 15) is 15.0 Å². The van der Waals surface area contributed by atoms with Gasteiger partial charge in [0.2, 0.25) is 0 Å². The van der Waals surface area contributed by atoms with Crippen LogP contribution in [0.5, 0.6) is 0 Å². The van der Waals surface area contributed by atoms with Gasteiger partial charge in [0.15, 0.2) is 5.78 Å². The first-order valence-corrected chi connectivity index (χ1v) is 9.17. The third kappa shape index (κ3) is 8.07. The molecule has 1 fully saturated rings. The Morgan fingerprint density at radius 1 is 1.42 bits per heavy atom. The summed E-state index contributed by atoms with van der Waals surface area (Å²) in [5.74, 6) is 0.423. The summed E-state index contributed by atoms with van der Waals surface area (Å²) < 4.78 is 0. The lowest BCUT2D eigenvalue weighted by Crippen LogP contribution is -2.31. The van der Waals surface area contributed by atoms with E-state index in [1.54, 1.807) is 13.8 Å². The van der Waals surface area contributed by atoms with E-state index < -0.39 is 5.60 Å². The predicted molar refractivity (Wildman–Crippen MR) is 99.8 cm³/mol. The number of hydrogen-bond acceptors (Lipinski definition) is 3. The highest BCUT2D eigenvalue weighted by Gasteiger charge is 2.23. The molecule has 0 amide bonds. The van der Waals surface area contributed by atoms with Crippen molar-refractivity contribution in [2.45, 2.75) is 83.8 Å². The molecule has 0 radical (unpaired) electrons. The molecule has 0 bridgehead atoms. The molecule has 0 aliphatic heterocycles. The standard InChI is InChI=1S/C21H34O3/c1-16(11-14-20(23)21(3,4)24)9-7-5-6-8-10-18-15-19(22)13-12-17(18)2/h6,8,10,16,19,22,24H,2,5,7,9,11-15H2,1,3-4H3/t16-,19+/m0/s1. The lowest BCUT2D eigenvalue weighted by atomic mass is 9.88. The maximum atomic E-state index is 11.7. The fraction of sp³-hybridized carbons (Fsp3) is 0.667. The maximum Gasteiger partial charge on any atom is 0.163 e. The van der Waals surface area contributed by atoms with Gasteiger partial charge in [-0.05, 0) is 63.9 Å². The molecule has 0 saturated heterocycles. The Morgan fingerprint density at radius 3 is 2.79 bits per heavy atom. The summed E-state index contributed by atoms with van der Waals surface area (Å²) in [7, 11) is 0. The van der Waals surface area contributed by atoms with Gasteiger partial charge in [0, 0.05) is 6.42 Å². The van der Waals surface area contributed by atoms with E-state index in [1.165, 1.54) is 5.57 Å². The van der Waals surface area contributed by atoms with Gasteiger partial charge in [-0.2, -0.15) is 0 Å². The fourth-order valence-electron chi connectivity index (χ4n) is 2.88. The third-order valence-corrected chi connectivity index (χ3v) is 4.74. The molecule has 2 atom stereocenters. The number of ketones is 1. The second-order valence-corrected chi connectivity index (χ2v) is 7.68. The van der Waals surface area contributed by atoms with Crippen molar-refractivity contribution < 1.29 is 15.0 Å². The average Bonchev–Trinajstić information content (AvgIpc) is 2.50. The molecule has 1 rings (SSSR count). The zero-order valence-corrected chi connectivity index (χ0v) is 15.6. The van der Waals surface area contributed by atoms with E-state index >= 15 is 0 Å². The first-order chi connectivity index (χ1) is 11.2. The highest BCUT2D eigenvalue weighted by atomic mass is 16.3. The Hall–Kier alpha value is -1.19. The van der Waals surface area contributed by atoms with Gasteiger partial charge < -0.3 is 10.2 Å². The second kappa shape index (κ2) is 9.95. The van der Waals surface area contributed by atoms with Crippen molar-refractivity contribution in [2.24, 2.45) is 5.92 Å². The fourth-order valence-corrected chi connectivity index (χ4v) is 2.88. The van der Waals surface area contributed by atoms with Crippen molar-refractivity contribution in [2.75, 3.05) is 0 Å². The van der Waals surface area contributed by atoms with Gasteiger partial charge in [0.1, 0.15) is 5.60 Å². The first kappa shape index (κ1) is 20.9. The number of allylic oxidation sites excluding steroid dienone is 4. The van der Waals surface area contributed by atoms with E-state index in [2.05, 4.69) is 31.7 Å². The number of aliphatic hydroxyl groups excluding tert-OH is 1. The summed E-state index contributed by atoms with van der Waals surface area (Å²) in [5, 5.41) is 19.3. The number of carbonyl (C=O) groups excluding carboxylic acids is 1. The smallest absolute Gasteiger partial charge is 0.163 e. The van der Waals surface area contributed by atoms with Crippen LogP contribution in [0.1, 0.15) is 72.1 Å². The van der Waals surface area contributed by atoms with Crippen molar-refractivity contribution >= 4 is 5.78 Å². The highest BCUT2D eigenvalue weighted by molar-refractivity contribution is 5.86. The van der Waals surface area contributed by atoms with Crippen LogP contribution in [0.3, 0.4) is 0 Å². The second-order valence-electron chi connectivity index (χ2n) is 7.68. The lowest BCUT2D eigenvalue weighted by Gasteiger charge is -2.21. The van der Waals surface area contributed by atoms with Crippen LogP contribution in [0.15, 0.2) is 36.0 Å². The molecule has 24 heavy (non-hydrogen) atoms. The normalized spacial score (nSPS) is 22.3. The summed E-state index contributed by atoms with van der Waals surface area (Å²) >= 11 is 0. The van der Waals surface area contributed by atoms with Gasteiger partial charge in [-0.3, -0.25) is 4.79 Å². The van der Waals surface area contributed by atoms with Crippen LogP contribution in [0.25, 0.3) is 0 Å². The zero-order chi connectivity index (χ0) is 18.2. The number of hydrogen-bond donors (Lipinski definition) is 2. The van der Waals surface area contributed by atoms with Gasteiger partial charge in [-0.15, -0.1) is 0 Å². The van der Waals surface area contributed by atoms with Crippen LogP contribution in [0.2, 0.25) is 0 Å². The average molecular weight is 335 g/mol. The van der Waals surface area contributed by atoms with E-state index in [-0.39, 0.29) is 11.9 Å². The van der Waals surface area contributed by atoms with Crippen LogP contribution < -0.4 is 0 Å². The van der Waals surface area contributed by atoms with Gasteiger partial charge in [0.25, 0.3) is 0 Å². The first-order valence-electron chi connectivity index (χ1n) is 9.17. The molecule has 0 unspecified atom stereocenters. The molecule has 0 spiro atoms. The molecule has 0 heterocycles. The number of rotatable bonds is 9. The quantitative estimate of drug-likeness (QED) is 0.611. The molecule has 0 aromatic carbocycles. The van der Waals surface area contributed by atoms with Crippen LogP contribution in [-0.4, -0.2) is 27.7 Å². The number of aliphatic hydroxyl groups is 2. The number of carbonyl (C=O) groups is 1. The van der Waals surface area contributed by atoms with Gasteiger partial charge in [-0.1, -0.05) is 43.7 Å². The van der Waals surface area contributed by atoms with E-state index in [4.69, 9.17) is 0 Å². The molecular weight excluding hydrogens is 300 g/mol. The maximum absolute atomic E-state index is 11.7. The molecule has 136 valence electrons. The van der Waals surface area contributed by atoms with E-state index in [1.807, 2.05) is 0 Å². The summed E-state index contributed by atoms with van der Waals surface area (Å²) in [6.45, 7) is 9.33. The molecule has 0 aromatic rings. The van der Waals surface area contributed by atoms with Gasteiger partial charge in [-0.25, -0.2) is 0 Å². The molecule has 3 nitrogen and oxygen atoms in total. The monoisotopic (exact) mass is 334 g/mol. The lowest BCUT2D eigenvalue weighted by molar-refractivity contribution is -0.134. The molecule has 3 heteroatoms. The van der Waals surface area contributed by atoms with Crippen molar-refractivity contribution in [1.29, 1.82) is 0 Å². The Balaban J connectivity index is 2.21. The van der Waals surface area contributed by atoms with Crippen molar-refractivity contribution in [3.05, 3.63) is 36.0 Å². The molecule has 0 aromatic heterocycles. The number of Topliss-reactive ketones (excluding diaryl/α,β-unsaturated/α-hetero) is 1. The molecule has 1 aliphatic carbocycles. The van der Waals surface area contributed by atoms with E-state index in [0.717, 1.165) is 50.5 Å². The Bertz CT molecular complexity index is 480. The Labute approximate surface area is 147 Å². The van der Waals surface area contributed by atoms with Crippen LogP contribution in [0.4, 0.5) is 0 Å². The van der Waals surface area contributed by atoms with Crippen LogP contribution in [-0.2, 0) is 4.79 Å². The minimum absolute atomic E-state index is 0.0734. The zero-order valence-electron chi connectivity index (χ0n) is 15.6. The van der Waals surface area contributed by atoms with Crippen molar-refractivity contribution in [1.82, 2.24) is 0 Å². The SMILES string of the molecule is C=C1CC[C@@H](O)CC1=CC=CCCC[C@H](C)CCC(=O)C(C)(C)O.